The Morgan fingerprint density at radius 2 is 2.27 bits per heavy atom. The normalized spacial score (nSPS) is 16.3. The van der Waals surface area contributed by atoms with E-state index < -0.39 is 0 Å². The van der Waals surface area contributed by atoms with E-state index in [1.165, 1.54) is 0 Å². The van der Waals surface area contributed by atoms with Gasteiger partial charge in [-0.25, -0.2) is 0 Å². The van der Waals surface area contributed by atoms with Gasteiger partial charge in [0.15, 0.2) is 0 Å². The Hall–Kier alpha value is -1.35. The number of Topliss-reactive ketones (excluding diaryl/α,β-unsaturated/α-hetero) is 1. The van der Waals surface area contributed by atoms with Gasteiger partial charge in [-0.2, -0.15) is 0 Å². The molecule has 3 heteroatoms. The quantitative estimate of drug-likeness (QED) is 0.732. The number of carbonyl (C=O) groups excluding carboxylic acids is 1. The standard InChI is InChI=1S/C12H15NO2/c1-10(14)8-13-6-7-15-12-5-3-2-4-11(12)9-13/h2-5H,6-9H2,1H3. The Balaban J connectivity index is 2.13. The molecule has 0 N–H and O–H groups in total. The minimum Gasteiger partial charge on any atom is -0.492 e. The van der Waals surface area contributed by atoms with Gasteiger partial charge in [0.05, 0.1) is 6.54 Å². The molecule has 0 unspecified atom stereocenters. The summed E-state index contributed by atoms with van der Waals surface area (Å²) in [5.74, 6) is 1.15. The Bertz CT molecular complexity index is 362. The van der Waals surface area contributed by atoms with Gasteiger partial charge in [-0.15, -0.1) is 0 Å². The first-order valence-electron chi connectivity index (χ1n) is 5.18. The third-order valence-corrected chi connectivity index (χ3v) is 2.48. The number of ether oxygens (including phenoxy) is 1. The third-order valence-electron chi connectivity index (χ3n) is 2.48. The van der Waals surface area contributed by atoms with Crippen molar-refractivity contribution in [2.45, 2.75) is 13.5 Å². The topological polar surface area (TPSA) is 29.5 Å². The molecule has 0 aromatic heterocycles. The van der Waals surface area contributed by atoms with Crippen LogP contribution in [0.5, 0.6) is 5.75 Å². The van der Waals surface area contributed by atoms with Crippen molar-refractivity contribution in [3.63, 3.8) is 0 Å². The largest absolute Gasteiger partial charge is 0.492 e. The van der Waals surface area contributed by atoms with Crippen LogP contribution >= 0.6 is 0 Å². The van der Waals surface area contributed by atoms with Crippen LogP contribution in [-0.2, 0) is 11.3 Å². The minimum absolute atomic E-state index is 0.203. The molecule has 2 rings (SSSR count). The molecule has 0 saturated carbocycles. The number of carbonyl (C=O) groups is 1. The summed E-state index contributed by atoms with van der Waals surface area (Å²) in [6, 6.07) is 8.00. The lowest BCUT2D eigenvalue weighted by molar-refractivity contribution is -0.118. The number of fused-ring (bicyclic) bond motifs is 1. The van der Waals surface area contributed by atoms with Gasteiger partial charge in [0, 0.05) is 18.7 Å². The summed E-state index contributed by atoms with van der Waals surface area (Å²) in [5.41, 5.74) is 1.16. The van der Waals surface area contributed by atoms with Crippen molar-refractivity contribution in [1.82, 2.24) is 4.90 Å². The van der Waals surface area contributed by atoms with Crippen molar-refractivity contribution in [3.05, 3.63) is 29.8 Å². The van der Waals surface area contributed by atoms with Crippen molar-refractivity contribution >= 4 is 5.78 Å². The van der Waals surface area contributed by atoms with E-state index in [9.17, 15) is 4.79 Å². The monoisotopic (exact) mass is 205 g/mol. The molecule has 1 aliphatic heterocycles. The second-order valence-corrected chi connectivity index (χ2v) is 3.87. The molecule has 0 spiro atoms. The number of hydrogen-bond donors (Lipinski definition) is 0. The molecule has 80 valence electrons. The zero-order chi connectivity index (χ0) is 10.7. The molecule has 0 aliphatic carbocycles. The van der Waals surface area contributed by atoms with Gasteiger partial charge >= 0.3 is 0 Å². The maximum Gasteiger partial charge on any atom is 0.143 e. The molecule has 3 nitrogen and oxygen atoms in total. The number of nitrogens with zero attached hydrogens (tertiary/aromatic N) is 1. The molecule has 1 aromatic carbocycles. The fraction of sp³-hybridized carbons (Fsp3) is 0.417. The molecule has 1 heterocycles. The molecule has 0 fully saturated rings. The average molecular weight is 205 g/mol. The number of benzene rings is 1. The fourth-order valence-electron chi connectivity index (χ4n) is 1.83. The van der Waals surface area contributed by atoms with E-state index in [2.05, 4.69) is 4.90 Å². The summed E-state index contributed by atoms with van der Waals surface area (Å²) in [6.07, 6.45) is 0. The first-order valence-corrected chi connectivity index (χ1v) is 5.18. The van der Waals surface area contributed by atoms with Crippen LogP contribution in [0.1, 0.15) is 12.5 Å². The van der Waals surface area contributed by atoms with Gasteiger partial charge in [0.25, 0.3) is 0 Å². The van der Waals surface area contributed by atoms with Crippen molar-refractivity contribution in [3.8, 4) is 5.75 Å². The summed E-state index contributed by atoms with van der Waals surface area (Å²) < 4.78 is 5.61. The van der Waals surface area contributed by atoms with Gasteiger partial charge in [-0.3, -0.25) is 9.69 Å². The summed E-state index contributed by atoms with van der Waals surface area (Å²) in [4.78, 5) is 13.2. The van der Waals surface area contributed by atoms with Gasteiger partial charge in [0.1, 0.15) is 18.1 Å². The Morgan fingerprint density at radius 1 is 1.47 bits per heavy atom. The van der Waals surface area contributed by atoms with Crippen LogP contribution in [0.25, 0.3) is 0 Å². The van der Waals surface area contributed by atoms with Crippen molar-refractivity contribution in [1.29, 1.82) is 0 Å². The fourth-order valence-corrected chi connectivity index (χ4v) is 1.83. The lowest BCUT2D eigenvalue weighted by Crippen LogP contribution is -2.30. The molecule has 1 aliphatic rings. The van der Waals surface area contributed by atoms with Crippen LogP contribution in [0.3, 0.4) is 0 Å². The molecular weight excluding hydrogens is 190 g/mol. The summed E-state index contributed by atoms with van der Waals surface area (Å²) >= 11 is 0. The average Bonchev–Trinajstić information content (AvgIpc) is 2.38. The first-order chi connectivity index (χ1) is 7.25. The highest BCUT2D eigenvalue weighted by Crippen LogP contribution is 2.21. The maximum atomic E-state index is 11.1. The van der Waals surface area contributed by atoms with Crippen molar-refractivity contribution in [2.75, 3.05) is 19.7 Å². The predicted molar refractivity (Wildman–Crippen MR) is 57.9 cm³/mol. The molecule has 0 atom stereocenters. The second kappa shape index (κ2) is 4.45. The molecule has 15 heavy (non-hydrogen) atoms. The number of rotatable bonds is 2. The predicted octanol–water partition coefficient (Wildman–Crippen LogP) is 1.47. The van der Waals surface area contributed by atoms with E-state index in [4.69, 9.17) is 4.74 Å². The number of hydrogen-bond acceptors (Lipinski definition) is 3. The van der Waals surface area contributed by atoms with Crippen LogP contribution in [0.15, 0.2) is 24.3 Å². The Labute approximate surface area is 89.7 Å². The van der Waals surface area contributed by atoms with Crippen LogP contribution in [0.2, 0.25) is 0 Å². The molecule has 0 amide bonds. The molecule has 0 radical (unpaired) electrons. The van der Waals surface area contributed by atoms with E-state index in [0.717, 1.165) is 24.4 Å². The second-order valence-electron chi connectivity index (χ2n) is 3.87. The highest BCUT2D eigenvalue weighted by atomic mass is 16.5. The number of ketones is 1. The lowest BCUT2D eigenvalue weighted by atomic mass is 10.2. The third kappa shape index (κ3) is 2.57. The van der Waals surface area contributed by atoms with Crippen molar-refractivity contribution < 1.29 is 9.53 Å². The summed E-state index contributed by atoms with van der Waals surface area (Å²) in [7, 11) is 0. The van der Waals surface area contributed by atoms with Gasteiger partial charge in [-0.1, -0.05) is 18.2 Å². The van der Waals surface area contributed by atoms with Crippen LogP contribution in [-0.4, -0.2) is 30.4 Å². The smallest absolute Gasteiger partial charge is 0.143 e. The van der Waals surface area contributed by atoms with E-state index in [0.29, 0.717) is 13.2 Å². The maximum absolute atomic E-state index is 11.1. The highest BCUT2D eigenvalue weighted by molar-refractivity contribution is 5.77. The van der Waals surface area contributed by atoms with Crippen molar-refractivity contribution in [2.24, 2.45) is 0 Å². The van der Waals surface area contributed by atoms with Crippen LogP contribution in [0, 0.1) is 0 Å². The Kier molecular flexibility index (Phi) is 3.02. The summed E-state index contributed by atoms with van der Waals surface area (Å²) in [6.45, 7) is 4.41. The highest BCUT2D eigenvalue weighted by Gasteiger charge is 2.15. The van der Waals surface area contributed by atoms with E-state index in [1.807, 2.05) is 24.3 Å². The Morgan fingerprint density at radius 3 is 3.07 bits per heavy atom. The first kappa shape index (κ1) is 10.2. The molecule has 0 bridgehead atoms. The lowest BCUT2D eigenvalue weighted by Gasteiger charge is -2.16. The molecular formula is C12H15NO2. The van der Waals surface area contributed by atoms with Crippen LogP contribution in [0.4, 0.5) is 0 Å². The van der Waals surface area contributed by atoms with E-state index in [-0.39, 0.29) is 5.78 Å². The SMILES string of the molecule is CC(=O)CN1CCOc2ccccc2C1. The van der Waals surface area contributed by atoms with Gasteiger partial charge < -0.3 is 4.74 Å². The van der Waals surface area contributed by atoms with Crippen LogP contribution < -0.4 is 4.74 Å². The van der Waals surface area contributed by atoms with E-state index in [1.54, 1.807) is 6.92 Å². The number of para-hydroxylation sites is 1. The molecule has 0 saturated heterocycles. The zero-order valence-electron chi connectivity index (χ0n) is 8.90. The molecule has 1 aromatic rings. The van der Waals surface area contributed by atoms with E-state index >= 15 is 0 Å². The zero-order valence-corrected chi connectivity index (χ0v) is 8.90. The minimum atomic E-state index is 0.203. The van der Waals surface area contributed by atoms with Gasteiger partial charge in [0.2, 0.25) is 0 Å². The van der Waals surface area contributed by atoms with Gasteiger partial charge in [-0.05, 0) is 13.0 Å². The summed E-state index contributed by atoms with van der Waals surface area (Å²) in [5, 5.41) is 0.